The first kappa shape index (κ1) is 17.9. The number of hydrogen-bond donors (Lipinski definition) is 1. The normalized spacial score (nSPS) is 24.9. The number of esters is 1. The summed E-state index contributed by atoms with van der Waals surface area (Å²) in [6, 6.07) is 7.81. The lowest BCUT2D eigenvalue weighted by Gasteiger charge is -2.49. The number of piperidine rings is 1. The van der Waals surface area contributed by atoms with Crippen LogP contribution in [0, 0.1) is 5.41 Å². The molecule has 0 spiro atoms. The van der Waals surface area contributed by atoms with Gasteiger partial charge in [0.05, 0.1) is 23.9 Å². The second kappa shape index (κ2) is 6.62. The highest BCUT2D eigenvalue weighted by Gasteiger charge is 2.49. The minimum Gasteiger partial charge on any atom is -0.465 e. The van der Waals surface area contributed by atoms with E-state index in [1.165, 1.54) is 12.2 Å². The van der Waals surface area contributed by atoms with Gasteiger partial charge in [-0.3, -0.25) is 0 Å². The van der Waals surface area contributed by atoms with Crippen LogP contribution in [-0.2, 0) is 20.7 Å². The molecule has 6 heteroatoms. The second-order valence-electron chi connectivity index (χ2n) is 7.36. The van der Waals surface area contributed by atoms with Crippen LogP contribution in [0.3, 0.4) is 0 Å². The van der Waals surface area contributed by atoms with Gasteiger partial charge in [-0.25, -0.2) is 4.79 Å². The quantitative estimate of drug-likeness (QED) is 0.662. The molecule has 4 rings (SSSR count). The number of fused-ring (bicyclic) bond motifs is 5. The van der Waals surface area contributed by atoms with Crippen molar-refractivity contribution in [3.63, 3.8) is 0 Å². The fourth-order valence-corrected chi connectivity index (χ4v) is 4.91. The van der Waals surface area contributed by atoms with Crippen LogP contribution in [0.25, 0.3) is 16.5 Å². The van der Waals surface area contributed by atoms with Gasteiger partial charge in [0.2, 0.25) is 0 Å². The maximum Gasteiger partial charge on any atom is 0.339 e. The van der Waals surface area contributed by atoms with Crippen molar-refractivity contribution in [3.8, 4) is 0 Å². The van der Waals surface area contributed by atoms with E-state index in [1.807, 2.05) is 34.9 Å². The zero-order chi connectivity index (χ0) is 19.2. The Bertz CT molecular complexity index is 945. The molecule has 3 heterocycles. The highest BCUT2D eigenvalue weighted by molar-refractivity contribution is 6.18. The van der Waals surface area contributed by atoms with Crippen molar-refractivity contribution in [3.05, 3.63) is 41.6 Å². The van der Waals surface area contributed by atoms with E-state index in [9.17, 15) is 14.8 Å². The van der Waals surface area contributed by atoms with Gasteiger partial charge >= 0.3 is 5.97 Å². The number of hydrogen-bond acceptors (Lipinski definition) is 5. The van der Waals surface area contributed by atoms with E-state index in [0.717, 1.165) is 42.0 Å². The zero-order valence-corrected chi connectivity index (χ0v) is 15.6. The molecule has 6 nitrogen and oxygen atoms in total. The van der Waals surface area contributed by atoms with Crippen molar-refractivity contribution < 1.29 is 19.5 Å². The first-order chi connectivity index (χ1) is 13.1. The van der Waals surface area contributed by atoms with E-state index in [0.29, 0.717) is 17.8 Å². The molecule has 27 heavy (non-hydrogen) atoms. The Balaban J connectivity index is 2.12. The average molecular weight is 368 g/mol. The number of ether oxygens (including phenoxy) is 1. The number of carbonyl (C=O) groups excluding carboxylic acids is 2. The molecule has 1 N–H and O–H groups in total. The topological polar surface area (TPSA) is 71.8 Å². The molecular weight excluding hydrogens is 344 g/mol. The Kier molecular flexibility index (Phi) is 4.40. The van der Waals surface area contributed by atoms with Gasteiger partial charge in [-0.2, -0.15) is 5.06 Å². The minimum atomic E-state index is -0.410. The average Bonchev–Trinajstić information content (AvgIpc) is 3.01. The van der Waals surface area contributed by atoms with Crippen molar-refractivity contribution in [1.29, 1.82) is 0 Å². The summed E-state index contributed by atoms with van der Waals surface area (Å²) in [6.07, 6.45) is 5.23. The largest absolute Gasteiger partial charge is 0.465 e. The Hall–Kier alpha value is -2.44. The fourth-order valence-electron chi connectivity index (χ4n) is 4.91. The molecule has 0 aliphatic carbocycles. The highest BCUT2D eigenvalue weighted by Crippen LogP contribution is 2.53. The lowest BCUT2D eigenvalue weighted by molar-refractivity contribution is -0.203. The van der Waals surface area contributed by atoms with E-state index in [2.05, 4.69) is 6.92 Å². The molecule has 0 unspecified atom stereocenters. The molecule has 1 fully saturated rings. The van der Waals surface area contributed by atoms with Crippen LogP contribution in [-0.4, -0.2) is 40.7 Å². The van der Waals surface area contributed by atoms with Gasteiger partial charge < -0.3 is 19.3 Å². The highest BCUT2D eigenvalue weighted by atomic mass is 16.5. The molecule has 2 aromatic rings. The van der Waals surface area contributed by atoms with E-state index in [-0.39, 0.29) is 18.0 Å². The Morgan fingerprint density at radius 1 is 1.41 bits per heavy atom. The zero-order valence-electron chi connectivity index (χ0n) is 15.6. The number of carbonyl (C=O) groups is 2. The summed E-state index contributed by atoms with van der Waals surface area (Å²) in [5.41, 5.74) is 2.52. The summed E-state index contributed by atoms with van der Waals surface area (Å²) >= 11 is 0. The number of nitrogens with zero attached hydrogens (tertiary/aromatic N) is 2. The molecule has 2 aliphatic rings. The maximum absolute atomic E-state index is 12.7. The SMILES string of the molecule is CC[C@]12C=C(C(=O)OC)c3c(CC=O)c4ccccc4n3[C@H]1N(O)CCC2. The monoisotopic (exact) mass is 368 g/mol. The lowest BCUT2D eigenvalue weighted by Crippen LogP contribution is -2.49. The molecule has 0 amide bonds. The maximum atomic E-state index is 12.7. The third-order valence-electron chi connectivity index (χ3n) is 6.12. The van der Waals surface area contributed by atoms with Gasteiger partial charge in [-0.1, -0.05) is 31.2 Å². The summed E-state index contributed by atoms with van der Waals surface area (Å²) in [7, 11) is 1.37. The van der Waals surface area contributed by atoms with Crippen molar-refractivity contribution in [1.82, 2.24) is 9.63 Å². The molecular formula is C21H24N2O4. The summed E-state index contributed by atoms with van der Waals surface area (Å²) in [5.74, 6) is -0.410. The minimum absolute atomic E-state index is 0.203. The van der Waals surface area contributed by atoms with Crippen molar-refractivity contribution in [2.75, 3.05) is 13.7 Å². The van der Waals surface area contributed by atoms with Gasteiger partial charge in [0, 0.05) is 23.8 Å². The lowest BCUT2D eigenvalue weighted by atomic mass is 9.71. The van der Waals surface area contributed by atoms with Crippen molar-refractivity contribution in [2.45, 2.75) is 38.8 Å². The molecule has 0 saturated carbocycles. The van der Waals surface area contributed by atoms with Crippen LogP contribution < -0.4 is 0 Å². The van der Waals surface area contributed by atoms with Gasteiger partial charge in [0.15, 0.2) is 0 Å². The molecule has 142 valence electrons. The van der Waals surface area contributed by atoms with Gasteiger partial charge in [-0.05, 0) is 30.9 Å². The Labute approximate surface area is 158 Å². The third-order valence-corrected chi connectivity index (χ3v) is 6.12. The van der Waals surface area contributed by atoms with E-state index in [1.54, 1.807) is 0 Å². The number of aldehydes is 1. The molecule has 0 radical (unpaired) electrons. The number of aromatic nitrogens is 1. The second-order valence-corrected chi connectivity index (χ2v) is 7.36. The summed E-state index contributed by atoms with van der Waals surface area (Å²) in [4.78, 5) is 24.1. The summed E-state index contributed by atoms with van der Waals surface area (Å²) < 4.78 is 7.13. The molecule has 1 aromatic carbocycles. The number of hydroxylamine groups is 2. The van der Waals surface area contributed by atoms with Crippen LogP contribution in [0.5, 0.6) is 0 Å². The predicted octanol–water partition coefficient (Wildman–Crippen LogP) is 3.33. The van der Waals surface area contributed by atoms with E-state index >= 15 is 0 Å². The summed E-state index contributed by atoms with van der Waals surface area (Å²) in [6.45, 7) is 2.66. The molecule has 2 aliphatic heterocycles. The standard InChI is InChI=1S/C21H24N2O4/c1-3-21-10-6-11-22(26)20(21)23-17-8-5-4-7-14(17)15(9-12-24)18(23)16(13-21)19(25)27-2/h4-5,7-8,12-13,20,26H,3,6,9-11H2,1-2H3/t20-,21+/m1/s1. The van der Waals surface area contributed by atoms with Gasteiger partial charge in [0.1, 0.15) is 12.5 Å². The van der Waals surface area contributed by atoms with E-state index < -0.39 is 5.97 Å². The van der Waals surface area contributed by atoms with Crippen molar-refractivity contribution in [2.24, 2.45) is 5.41 Å². The molecule has 1 saturated heterocycles. The molecule has 1 aromatic heterocycles. The van der Waals surface area contributed by atoms with Crippen LogP contribution in [0.4, 0.5) is 0 Å². The first-order valence-electron chi connectivity index (χ1n) is 9.40. The Morgan fingerprint density at radius 2 is 2.19 bits per heavy atom. The van der Waals surface area contributed by atoms with Crippen molar-refractivity contribution >= 4 is 28.7 Å². The predicted molar refractivity (Wildman–Crippen MR) is 101 cm³/mol. The number of benzene rings is 1. The van der Waals surface area contributed by atoms with Crippen LogP contribution in [0.2, 0.25) is 0 Å². The number of para-hydroxylation sites is 1. The fraction of sp³-hybridized carbons (Fsp3) is 0.429. The van der Waals surface area contributed by atoms with Gasteiger partial charge in [-0.15, -0.1) is 0 Å². The van der Waals surface area contributed by atoms with E-state index in [4.69, 9.17) is 4.74 Å². The number of rotatable bonds is 4. The molecule has 2 atom stereocenters. The van der Waals surface area contributed by atoms with Crippen LogP contribution in [0.1, 0.15) is 43.6 Å². The Morgan fingerprint density at radius 3 is 2.89 bits per heavy atom. The first-order valence-corrected chi connectivity index (χ1v) is 9.40. The van der Waals surface area contributed by atoms with Crippen LogP contribution >= 0.6 is 0 Å². The third kappa shape index (κ3) is 2.47. The number of methoxy groups -OCH3 is 1. The molecule has 0 bridgehead atoms. The van der Waals surface area contributed by atoms with Gasteiger partial charge in [0.25, 0.3) is 0 Å². The van der Waals surface area contributed by atoms with Crippen LogP contribution in [0.15, 0.2) is 30.3 Å². The smallest absolute Gasteiger partial charge is 0.339 e. The summed E-state index contributed by atoms with van der Waals surface area (Å²) in [5, 5.41) is 13.1.